The number of nitrogens with zero attached hydrogens (tertiary/aromatic N) is 3. The van der Waals surface area contributed by atoms with Crippen LogP contribution in [-0.4, -0.2) is 34.9 Å². The van der Waals surface area contributed by atoms with Crippen LogP contribution in [0.3, 0.4) is 0 Å². The number of rotatable bonds is 5. The Balaban J connectivity index is 1.84. The molecule has 1 aliphatic heterocycles. The lowest BCUT2D eigenvalue weighted by atomic mass is 9.94. The van der Waals surface area contributed by atoms with Crippen molar-refractivity contribution < 1.29 is 14.3 Å². The van der Waals surface area contributed by atoms with Crippen LogP contribution in [0.2, 0.25) is 0 Å². The van der Waals surface area contributed by atoms with E-state index in [0.29, 0.717) is 28.7 Å². The van der Waals surface area contributed by atoms with Crippen molar-refractivity contribution in [1.29, 1.82) is 0 Å². The number of aromatic nitrogens is 3. The molecule has 8 nitrogen and oxygen atoms in total. The topological polar surface area (TPSA) is 90.3 Å². The highest BCUT2D eigenvalue weighted by molar-refractivity contribution is 6.06. The minimum atomic E-state index is -0.544. The van der Waals surface area contributed by atoms with E-state index in [4.69, 9.17) is 9.47 Å². The second-order valence-electron chi connectivity index (χ2n) is 6.97. The maximum absolute atomic E-state index is 13.5. The second kappa shape index (κ2) is 7.90. The molecular weight excluding hydrogens is 382 g/mol. The number of nitrogens with one attached hydrogen (secondary N) is 2. The van der Waals surface area contributed by atoms with Gasteiger partial charge in [0.1, 0.15) is 23.9 Å². The van der Waals surface area contributed by atoms with E-state index in [1.165, 1.54) is 6.33 Å². The van der Waals surface area contributed by atoms with Crippen molar-refractivity contribution >= 4 is 17.5 Å². The fourth-order valence-electron chi connectivity index (χ4n) is 3.63. The molecule has 154 valence electrons. The Bertz CT molecular complexity index is 1140. The van der Waals surface area contributed by atoms with Gasteiger partial charge in [-0.15, -0.1) is 0 Å². The van der Waals surface area contributed by atoms with Gasteiger partial charge in [0.05, 0.1) is 19.8 Å². The summed E-state index contributed by atoms with van der Waals surface area (Å²) in [4.78, 5) is 17.7. The van der Waals surface area contributed by atoms with Gasteiger partial charge in [0, 0.05) is 16.9 Å². The third kappa shape index (κ3) is 3.36. The zero-order valence-electron chi connectivity index (χ0n) is 17.3. The predicted molar refractivity (Wildman–Crippen MR) is 114 cm³/mol. The van der Waals surface area contributed by atoms with E-state index in [9.17, 15) is 4.79 Å². The molecule has 2 heterocycles. The minimum absolute atomic E-state index is 0.231. The number of aryl methyl sites for hydroxylation is 1. The van der Waals surface area contributed by atoms with Crippen LogP contribution in [0.1, 0.15) is 24.1 Å². The van der Waals surface area contributed by atoms with Crippen LogP contribution in [0.15, 0.2) is 60.1 Å². The van der Waals surface area contributed by atoms with Gasteiger partial charge in [0.15, 0.2) is 0 Å². The normalized spacial score (nSPS) is 15.3. The molecule has 0 aliphatic carbocycles. The van der Waals surface area contributed by atoms with Crippen LogP contribution in [-0.2, 0) is 4.79 Å². The molecule has 0 saturated carbocycles. The van der Waals surface area contributed by atoms with Crippen molar-refractivity contribution in [3.63, 3.8) is 0 Å². The number of para-hydroxylation sites is 1. The van der Waals surface area contributed by atoms with Crippen LogP contribution in [0.25, 0.3) is 0 Å². The molecule has 1 aliphatic rings. The zero-order valence-corrected chi connectivity index (χ0v) is 17.3. The number of carbonyl (C=O) groups is 1. The van der Waals surface area contributed by atoms with Gasteiger partial charge in [-0.1, -0.05) is 18.2 Å². The lowest BCUT2D eigenvalue weighted by molar-refractivity contribution is -0.113. The van der Waals surface area contributed by atoms with Crippen LogP contribution in [0.5, 0.6) is 11.5 Å². The monoisotopic (exact) mass is 405 g/mol. The Morgan fingerprint density at radius 3 is 2.67 bits per heavy atom. The van der Waals surface area contributed by atoms with Gasteiger partial charge in [-0.3, -0.25) is 4.79 Å². The first-order valence-electron chi connectivity index (χ1n) is 9.49. The van der Waals surface area contributed by atoms with Gasteiger partial charge < -0.3 is 20.1 Å². The molecule has 1 amide bonds. The summed E-state index contributed by atoms with van der Waals surface area (Å²) in [5.41, 5.74) is 3.69. The number of ether oxygens (including phenoxy) is 2. The van der Waals surface area contributed by atoms with E-state index in [1.807, 2.05) is 56.3 Å². The summed E-state index contributed by atoms with van der Waals surface area (Å²) in [5, 5.41) is 10.6. The summed E-state index contributed by atoms with van der Waals surface area (Å²) in [6.45, 7) is 3.80. The first kappa shape index (κ1) is 19.5. The van der Waals surface area contributed by atoms with Gasteiger partial charge in [0.2, 0.25) is 5.95 Å². The quantitative estimate of drug-likeness (QED) is 0.675. The Morgan fingerprint density at radius 1 is 1.13 bits per heavy atom. The van der Waals surface area contributed by atoms with Gasteiger partial charge in [-0.05, 0) is 43.7 Å². The molecule has 0 bridgehead atoms. The minimum Gasteiger partial charge on any atom is -0.497 e. The SMILES string of the molecule is COc1ccc(OC)c([C@@H]2C(C(=O)Nc3ccccc3C)=C(C)Nc3ncnn32)c1. The highest BCUT2D eigenvalue weighted by Gasteiger charge is 2.35. The number of carbonyl (C=O) groups excluding carboxylic acids is 1. The standard InChI is InChI=1S/C22H23N5O3/c1-13-7-5-6-8-17(13)26-21(28)19-14(2)25-22-23-12-24-27(22)20(19)16-11-15(29-3)9-10-18(16)30-4/h5-12,20H,1-4H3,(H,26,28)(H,23,24,25)/t20-/m1/s1. The molecular formula is C22H23N5O3. The number of methoxy groups -OCH3 is 2. The molecule has 0 unspecified atom stereocenters. The Kier molecular flexibility index (Phi) is 5.14. The number of anilines is 2. The molecule has 1 atom stereocenters. The largest absolute Gasteiger partial charge is 0.497 e. The average Bonchev–Trinajstić information content (AvgIpc) is 3.21. The first-order valence-corrected chi connectivity index (χ1v) is 9.49. The predicted octanol–water partition coefficient (Wildman–Crippen LogP) is 3.53. The molecule has 0 spiro atoms. The number of hydrogen-bond donors (Lipinski definition) is 2. The molecule has 4 rings (SSSR count). The molecule has 1 aromatic heterocycles. The zero-order chi connectivity index (χ0) is 21.3. The number of benzene rings is 2. The van der Waals surface area contributed by atoms with Crippen molar-refractivity contribution in [2.24, 2.45) is 0 Å². The van der Waals surface area contributed by atoms with Gasteiger partial charge in [-0.2, -0.15) is 10.1 Å². The van der Waals surface area contributed by atoms with E-state index in [0.717, 1.165) is 16.8 Å². The highest BCUT2D eigenvalue weighted by atomic mass is 16.5. The molecule has 0 fully saturated rings. The molecule has 0 radical (unpaired) electrons. The van der Waals surface area contributed by atoms with Crippen molar-refractivity contribution in [2.75, 3.05) is 24.9 Å². The summed E-state index contributed by atoms with van der Waals surface area (Å²) >= 11 is 0. The van der Waals surface area contributed by atoms with Crippen LogP contribution in [0.4, 0.5) is 11.6 Å². The van der Waals surface area contributed by atoms with Gasteiger partial charge in [0.25, 0.3) is 5.91 Å². The second-order valence-corrected chi connectivity index (χ2v) is 6.97. The van der Waals surface area contributed by atoms with Crippen molar-refractivity contribution in [2.45, 2.75) is 19.9 Å². The van der Waals surface area contributed by atoms with Crippen LogP contribution < -0.4 is 20.1 Å². The maximum atomic E-state index is 13.5. The maximum Gasteiger partial charge on any atom is 0.255 e. The van der Waals surface area contributed by atoms with Crippen molar-refractivity contribution in [3.8, 4) is 11.5 Å². The smallest absolute Gasteiger partial charge is 0.255 e. The number of fused-ring (bicyclic) bond motifs is 1. The van der Waals surface area contributed by atoms with E-state index < -0.39 is 6.04 Å². The molecule has 0 saturated heterocycles. The molecule has 30 heavy (non-hydrogen) atoms. The highest BCUT2D eigenvalue weighted by Crippen LogP contribution is 2.40. The first-order chi connectivity index (χ1) is 14.5. The van der Waals surface area contributed by atoms with E-state index in [2.05, 4.69) is 20.7 Å². The van der Waals surface area contributed by atoms with Gasteiger partial charge >= 0.3 is 0 Å². The lowest BCUT2D eigenvalue weighted by Crippen LogP contribution is -2.32. The summed E-state index contributed by atoms with van der Waals surface area (Å²) in [5.74, 6) is 1.60. The number of amides is 1. The molecule has 2 aromatic carbocycles. The third-order valence-electron chi connectivity index (χ3n) is 5.16. The van der Waals surface area contributed by atoms with Crippen LogP contribution in [0, 0.1) is 6.92 Å². The lowest BCUT2D eigenvalue weighted by Gasteiger charge is -2.30. The summed E-state index contributed by atoms with van der Waals surface area (Å²) in [7, 11) is 3.19. The summed E-state index contributed by atoms with van der Waals surface area (Å²) in [6.07, 6.45) is 1.46. The van der Waals surface area contributed by atoms with Gasteiger partial charge in [-0.25, -0.2) is 4.68 Å². The molecule has 3 aromatic rings. The van der Waals surface area contributed by atoms with E-state index >= 15 is 0 Å². The Morgan fingerprint density at radius 2 is 1.93 bits per heavy atom. The van der Waals surface area contributed by atoms with E-state index in [-0.39, 0.29) is 5.91 Å². The van der Waals surface area contributed by atoms with Crippen molar-refractivity contribution in [3.05, 3.63) is 71.2 Å². The number of hydrogen-bond acceptors (Lipinski definition) is 6. The fourth-order valence-corrected chi connectivity index (χ4v) is 3.63. The summed E-state index contributed by atoms with van der Waals surface area (Å²) < 4.78 is 12.7. The third-order valence-corrected chi connectivity index (χ3v) is 5.16. The van der Waals surface area contributed by atoms with Crippen molar-refractivity contribution in [1.82, 2.24) is 14.8 Å². The molecule has 2 N–H and O–H groups in total. The number of allylic oxidation sites excluding steroid dienone is 1. The van der Waals surface area contributed by atoms with E-state index in [1.54, 1.807) is 18.9 Å². The molecule has 8 heteroatoms. The fraction of sp³-hybridized carbons (Fsp3) is 0.227. The Labute approximate surface area is 174 Å². The average molecular weight is 405 g/mol. The van der Waals surface area contributed by atoms with Crippen LogP contribution >= 0.6 is 0 Å². The Hall–Kier alpha value is -3.81. The summed E-state index contributed by atoms with van der Waals surface area (Å²) in [6, 6.07) is 12.6.